The molecule has 0 fully saturated rings. The number of hydrogen-bond acceptors (Lipinski definition) is 7. The summed E-state index contributed by atoms with van der Waals surface area (Å²) >= 11 is 7.34. The lowest BCUT2D eigenvalue weighted by Gasteiger charge is -2.24. The molecule has 1 aliphatic rings. The highest BCUT2D eigenvalue weighted by Gasteiger charge is 2.33. The maximum absolute atomic E-state index is 13.7. The standard InChI is InChI=1S/C29H23ClN2O5S/c1-4-14-36-28(34)25-17(2)31-29-32(26(25)18-8-10-21(35-3)11-9-18)27(33)24(38-29)16-22-12-13-23(37-22)19-6-5-7-20(30)15-19/h4-13,15-16,26H,1,14H2,2-3H3. The maximum atomic E-state index is 13.7. The van der Waals surface area contributed by atoms with Crippen molar-refractivity contribution in [1.29, 1.82) is 0 Å². The third-order valence-electron chi connectivity index (χ3n) is 6.01. The molecule has 7 nitrogen and oxygen atoms in total. The number of rotatable bonds is 7. The third kappa shape index (κ3) is 4.88. The van der Waals surface area contributed by atoms with Crippen molar-refractivity contribution < 1.29 is 18.7 Å². The van der Waals surface area contributed by atoms with Crippen molar-refractivity contribution in [2.75, 3.05) is 13.7 Å². The van der Waals surface area contributed by atoms with Gasteiger partial charge in [-0.3, -0.25) is 9.36 Å². The molecule has 2 aromatic carbocycles. The van der Waals surface area contributed by atoms with Gasteiger partial charge in [-0.05, 0) is 48.9 Å². The molecule has 1 unspecified atom stereocenters. The quantitative estimate of drug-likeness (QED) is 0.243. The van der Waals surface area contributed by atoms with Crippen LogP contribution >= 0.6 is 22.9 Å². The highest BCUT2D eigenvalue weighted by atomic mass is 35.5. The Labute approximate surface area is 227 Å². The average Bonchev–Trinajstić information content (AvgIpc) is 3.51. The van der Waals surface area contributed by atoms with Gasteiger partial charge in [0.05, 0.1) is 29.0 Å². The second-order valence-electron chi connectivity index (χ2n) is 8.45. The van der Waals surface area contributed by atoms with Crippen LogP contribution in [0.25, 0.3) is 17.4 Å². The number of halogens is 1. The first-order valence-corrected chi connectivity index (χ1v) is 12.9. The van der Waals surface area contributed by atoms with E-state index < -0.39 is 12.0 Å². The molecule has 0 N–H and O–H groups in total. The fraction of sp³-hybridized carbons (Fsp3) is 0.138. The van der Waals surface area contributed by atoms with Crippen LogP contribution in [0.1, 0.15) is 24.3 Å². The SMILES string of the molecule is C=CCOC(=O)C1=C(C)N=c2sc(=Cc3ccc(-c4cccc(Cl)c4)o3)c(=O)n2C1c1ccc(OC)cc1. The number of nitrogens with zero attached hydrogens (tertiary/aromatic N) is 2. The van der Waals surface area contributed by atoms with Gasteiger partial charge in [0.1, 0.15) is 23.9 Å². The first kappa shape index (κ1) is 25.5. The van der Waals surface area contributed by atoms with Crippen molar-refractivity contribution in [2.45, 2.75) is 13.0 Å². The zero-order valence-electron chi connectivity index (χ0n) is 20.6. The number of carbonyl (C=O) groups is 1. The Bertz CT molecular complexity index is 1740. The molecule has 0 bridgehead atoms. The van der Waals surface area contributed by atoms with E-state index in [0.29, 0.717) is 37.3 Å². The first-order valence-electron chi connectivity index (χ1n) is 11.7. The lowest BCUT2D eigenvalue weighted by Crippen LogP contribution is -2.39. The van der Waals surface area contributed by atoms with Gasteiger partial charge in [0, 0.05) is 16.7 Å². The molecule has 0 saturated carbocycles. The van der Waals surface area contributed by atoms with Gasteiger partial charge >= 0.3 is 5.97 Å². The van der Waals surface area contributed by atoms with Gasteiger partial charge < -0.3 is 13.9 Å². The van der Waals surface area contributed by atoms with E-state index in [1.807, 2.05) is 36.4 Å². The molecule has 3 heterocycles. The van der Waals surface area contributed by atoms with Gasteiger partial charge in [0.2, 0.25) is 0 Å². The molecule has 2 aromatic heterocycles. The number of benzene rings is 2. The van der Waals surface area contributed by atoms with Crippen molar-refractivity contribution >= 4 is 35.0 Å². The Kier molecular flexibility index (Phi) is 7.18. The molecule has 1 aliphatic heterocycles. The minimum Gasteiger partial charge on any atom is -0.497 e. The number of thiazole rings is 1. The average molecular weight is 547 g/mol. The lowest BCUT2D eigenvalue weighted by molar-refractivity contribution is -0.138. The molecule has 0 aliphatic carbocycles. The first-order chi connectivity index (χ1) is 18.4. The van der Waals surface area contributed by atoms with Gasteiger partial charge in [-0.1, -0.05) is 59.9 Å². The normalized spacial score (nSPS) is 15.1. The van der Waals surface area contributed by atoms with Crippen LogP contribution in [-0.2, 0) is 9.53 Å². The molecule has 4 aromatic rings. The van der Waals surface area contributed by atoms with Gasteiger partial charge in [-0.25, -0.2) is 9.79 Å². The molecule has 0 amide bonds. The predicted octanol–water partition coefficient (Wildman–Crippen LogP) is 4.89. The highest BCUT2D eigenvalue weighted by molar-refractivity contribution is 7.07. The maximum Gasteiger partial charge on any atom is 0.338 e. The summed E-state index contributed by atoms with van der Waals surface area (Å²) in [6.07, 6.45) is 3.17. The number of esters is 1. The number of carbonyl (C=O) groups excluding carboxylic acids is 1. The smallest absolute Gasteiger partial charge is 0.338 e. The topological polar surface area (TPSA) is 83.0 Å². The molecule has 0 radical (unpaired) electrons. The second-order valence-corrected chi connectivity index (χ2v) is 9.90. The molecule has 9 heteroatoms. The summed E-state index contributed by atoms with van der Waals surface area (Å²) in [5.41, 5.74) is 2.03. The summed E-state index contributed by atoms with van der Waals surface area (Å²) in [7, 11) is 1.58. The second kappa shape index (κ2) is 10.7. The van der Waals surface area contributed by atoms with E-state index in [-0.39, 0.29) is 17.7 Å². The van der Waals surface area contributed by atoms with Crippen molar-refractivity contribution in [1.82, 2.24) is 4.57 Å². The van der Waals surface area contributed by atoms with Crippen LogP contribution in [0, 0.1) is 0 Å². The Morgan fingerprint density at radius 3 is 2.71 bits per heavy atom. The minimum absolute atomic E-state index is 0.0445. The molecule has 38 heavy (non-hydrogen) atoms. The fourth-order valence-corrected chi connectivity index (χ4v) is 5.47. The molecular weight excluding hydrogens is 524 g/mol. The van der Waals surface area contributed by atoms with Crippen molar-refractivity contribution in [2.24, 2.45) is 4.99 Å². The number of furan rings is 1. The fourth-order valence-electron chi connectivity index (χ4n) is 4.25. The Morgan fingerprint density at radius 1 is 1.21 bits per heavy atom. The van der Waals surface area contributed by atoms with Crippen LogP contribution in [0.15, 0.2) is 98.8 Å². The van der Waals surface area contributed by atoms with Crippen molar-refractivity contribution in [3.63, 3.8) is 0 Å². The van der Waals surface area contributed by atoms with Crippen LogP contribution in [0.5, 0.6) is 5.75 Å². The molecule has 1 atom stereocenters. The van der Waals surface area contributed by atoms with Crippen molar-refractivity contribution in [3.8, 4) is 17.1 Å². The van der Waals surface area contributed by atoms with Crippen LogP contribution < -0.4 is 19.6 Å². The number of allylic oxidation sites excluding steroid dienone is 1. The summed E-state index contributed by atoms with van der Waals surface area (Å²) in [5, 5.41) is 0.602. The van der Waals surface area contributed by atoms with Crippen LogP contribution in [0.4, 0.5) is 0 Å². The van der Waals surface area contributed by atoms with Crippen LogP contribution in [-0.4, -0.2) is 24.3 Å². The van der Waals surface area contributed by atoms with Gasteiger partial charge in [-0.2, -0.15) is 0 Å². The van der Waals surface area contributed by atoms with E-state index in [1.165, 1.54) is 22.0 Å². The number of aromatic nitrogens is 1. The number of methoxy groups -OCH3 is 1. The number of hydrogen-bond donors (Lipinski definition) is 0. The molecule has 5 rings (SSSR count). The molecule has 192 valence electrons. The summed E-state index contributed by atoms with van der Waals surface area (Å²) in [4.78, 5) is 31.9. The van der Waals surface area contributed by atoms with Gasteiger partial charge in [0.15, 0.2) is 4.80 Å². The van der Waals surface area contributed by atoms with E-state index in [4.69, 9.17) is 25.5 Å². The zero-order chi connectivity index (χ0) is 26.8. The Balaban J connectivity index is 1.62. The van der Waals surface area contributed by atoms with Crippen molar-refractivity contribution in [3.05, 3.63) is 121 Å². The van der Waals surface area contributed by atoms with E-state index in [0.717, 1.165) is 11.1 Å². The summed E-state index contributed by atoms with van der Waals surface area (Å²) in [6.45, 7) is 5.39. The molecule has 0 saturated heterocycles. The minimum atomic E-state index is -0.727. The Hall–Kier alpha value is -4.14. The van der Waals surface area contributed by atoms with E-state index >= 15 is 0 Å². The predicted molar refractivity (Wildman–Crippen MR) is 147 cm³/mol. The number of ether oxygens (including phenoxy) is 2. The largest absolute Gasteiger partial charge is 0.497 e. The monoisotopic (exact) mass is 546 g/mol. The van der Waals surface area contributed by atoms with Crippen LogP contribution in [0.2, 0.25) is 5.02 Å². The molecule has 0 spiro atoms. The van der Waals surface area contributed by atoms with E-state index in [9.17, 15) is 9.59 Å². The number of fused-ring (bicyclic) bond motifs is 1. The molecular formula is C29H23ClN2O5S. The lowest BCUT2D eigenvalue weighted by atomic mass is 9.96. The van der Waals surface area contributed by atoms with Gasteiger partial charge in [0.25, 0.3) is 5.56 Å². The Morgan fingerprint density at radius 2 is 2.00 bits per heavy atom. The summed E-state index contributed by atoms with van der Waals surface area (Å²) < 4.78 is 18.6. The third-order valence-corrected chi connectivity index (χ3v) is 7.23. The van der Waals surface area contributed by atoms with Gasteiger partial charge in [-0.15, -0.1) is 0 Å². The van der Waals surface area contributed by atoms with E-state index in [2.05, 4.69) is 11.6 Å². The summed E-state index contributed by atoms with van der Waals surface area (Å²) in [5.74, 6) is 1.24. The van der Waals surface area contributed by atoms with Crippen LogP contribution in [0.3, 0.4) is 0 Å². The highest BCUT2D eigenvalue weighted by Crippen LogP contribution is 2.32. The zero-order valence-corrected chi connectivity index (χ0v) is 22.2. The summed E-state index contributed by atoms with van der Waals surface area (Å²) in [6, 6.07) is 17.4. The van der Waals surface area contributed by atoms with E-state index in [1.54, 1.807) is 44.4 Å².